The maximum atomic E-state index is 13.7. The smallest absolute Gasteiger partial charge is 0.474 e. The summed E-state index contributed by atoms with van der Waals surface area (Å²) in [6.07, 6.45) is 0.954. The van der Waals surface area contributed by atoms with Crippen LogP contribution in [0.4, 0.5) is 0 Å². The van der Waals surface area contributed by atoms with Crippen LogP contribution < -0.4 is 15.5 Å². The summed E-state index contributed by atoms with van der Waals surface area (Å²) < 4.78 is 41.1. The lowest BCUT2D eigenvalue weighted by Crippen LogP contribution is -2.36. The summed E-state index contributed by atoms with van der Waals surface area (Å²) in [4.78, 5) is 29.1. The van der Waals surface area contributed by atoms with E-state index in [4.69, 9.17) is 34.6 Å². The Morgan fingerprint density at radius 3 is 2.55 bits per heavy atom. The first-order valence-electron chi connectivity index (χ1n) is 12.8. The molecule has 40 heavy (non-hydrogen) atoms. The summed E-state index contributed by atoms with van der Waals surface area (Å²) >= 11 is 5.96. The van der Waals surface area contributed by atoms with E-state index in [1.165, 1.54) is 20.4 Å². The minimum absolute atomic E-state index is 0.0111. The van der Waals surface area contributed by atoms with Gasteiger partial charge in [-0.3, -0.25) is 28.1 Å². The zero-order chi connectivity index (χ0) is 28.3. The number of nitrogens with one attached hydrogen (secondary N) is 1. The highest BCUT2D eigenvalue weighted by Crippen LogP contribution is 2.48. The SMILES string of the molecule is COP(=O)(OC)OCC1Cn2cc(C(=O)NCc3ccc(Cl)cc3)c(=O)c3cc(CN4CCOCC4)cc(c32)O1. The number of ether oxygens (including phenoxy) is 2. The Morgan fingerprint density at radius 2 is 1.85 bits per heavy atom. The van der Waals surface area contributed by atoms with Gasteiger partial charge in [0.25, 0.3) is 5.91 Å². The van der Waals surface area contributed by atoms with Crippen LogP contribution in [0.15, 0.2) is 47.4 Å². The molecule has 1 fully saturated rings. The van der Waals surface area contributed by atoms with Crippen LogP contribution in [-0.2, 0) is 42.5 Å². The van der Waals surface area contributed by atoms with E-state index in [0.29, 0.717) is 41.4 Å². The van der Waals surface area contributed by atoms with Crippen LogP contribution in [0.5, 0.6) is 5.75 Å². The van der Waals surface area contributed by atoms with Crippen LogP contribution >= 0.6 is 19.4 Å². The molecule has 5 rings (SSSR count). The molecule has 0 bridgehead atoms. The molecule has 214 valence electrons. The van der Waals surface area contributed by atoms with Crippen molar-refractivity contribution in [3.8, 4) is 5.75 Å². The molecule has 0 saturated carbocycles. The molecule has 1 amide bonds. The van der Waals surface area contributed by atoms with E-state index in [1.54, 1.807) is 12.1 Å². The molecular weight excluding hydrogens is 561 g/mol. The van der Waals surface area contributed by atoms with E-state index in [1.807, 2.05) is 28.8 Å². The fourth-order valence-corrected chi connectivity index (χ4v) is 5.65. The Hall–Kier alpha value is -2.76. The van der Waals surface area contributed by atoms with Crippen LogP contribution in [0.1, 0.15) is 21.5 Å². The van der Waals surface area contributed by atoms with Gasteiger partial charge in [-0.15, -0.1) is 0 Å². The summed E-state index contributed by atoms with van der Waals surface area (Å²) in [5, 5.41) is 3.82. The Bertz CT molecular complexity index is 1480. The number of carbonyl (C=O) groups is 1. The Balaban J connectivity index is 1.48. The van der Waals surface area contributed by atoms with E-state index in [0.717, 1.165) is 24.2 Å². The minimum atomic E-state index is -3.73. The van der Waals surface area contributed by atoms with E-state index in [2.05, 4.69) is 10.2 Å². The van der Waals surface area contributed by atoms with Crippen molar-refractivity contribution in [1.29, 1.82) is 0 Å². The van der Waals surface area contributed by atoms with Crippen LogP contribution in [0.2, 0.25) is 5.02 Å². The quantitative estimate of drug-likeness (QED) is 0.353. The zero-order valence-electron chi connectivity index (χ0n) is 22.3. The number of amides is 1. The molecular formula is C27H31ClN3O8P. The molecule has 1 unspecified atom stereocenters. The first-order chi connectivity index (χ1) is 19.3. The first-order valence-corrected chi connectivity index (χ1v) is 14.7. The molecule has 11 nitrogen and oxygen atoms in total. The third-order valence-corrected chi connectivity index (χ3v) is 8.49. The highest BCUT2D eigenvalue weighted by Gasteiger charge is 2.30. The lowest BCUT2D eigenvalue weighted by atomic mass is 10.0. The molecule has 3 aromatic rings. The van der Waals surface area contributed by atoms with Gasteiger partial charge in [-0.1, -0.05) is 23.7 Å². The summed E-state index contributed by atoms with van der Waals surface area (Å²) in [5.74, 6) is -0.0104. The van der Waals surface area contributed by atoms with Crippen LogP contribution in [0.25, 0.3) is 10.9 Å². The van der Waals surface area contributed by atoms with Crippen LogP contribution in [0, 0.1) is 0 Å². The Labute approximate surface area is 236 Å². The van der Waals surface area contributed by atoms with Gasteiger partial charge in [-0.25, -0.2) is 4.57 Å². The van der Waals surface area contributed by atoms with Crippen molar-refractivity contribution in [3.63, 3.8) is 0 Å². The molecule has 1 saturated heterocycles. The zero-order valence-corrected chi connectivity index (χ0v) is 23.9. The van der Waals surface area contributed by atoms with Crippen molar-refractivity contribution in [2.45, 2.75) is 25.7 Å². The predicted octanol–water partition coefficient (Wildman–Crippen LogP) is 3.60. The molecule has 1 N–H and O–H groups in total. The number of carbonyl (C=O) groups excluding carboxylic acids is 1. The van der Waals surface area contributed by atoms with E-state index >= 15 is 0 Å². The van der Waals surface area contributed by atoms with Crippen molar-refractivity contribution in [3.05, 3.63) is 74.5 Å². The van der Waals surface area contributed by atoms with E-state index in [9.17, 15) is 14.2 Å². The maximum Gasteiger partial charge on any atom is 0.474 e. The number of phosphoric ester groups is 1. The number of aromatic nitrogens is 1. The van der Waals surface area contributed by atoms with Gasteiger partial charge in [0, 0.05) is 51.6 Å². The second-order valence-electron chi connectivity index (χ2n) is 9.56. The largest absolute Gasteiger partial charge is 0.484 e. The molecule has 0 aliphatic carbocycles. The Morgan fingerprint density at radius 1 is 1.12 bits per heavy atom. The third-order valence-electron chi connectivity index (χ3n) is 6.88. The second kappa shape index (κ2) is 12.4. The molecule has 0 radical (unpaired) electrons. The maximum absolute atomic E-state index is 13.7. The molecule has 1 atom stereocenters. The van der Waals surface area contributed by atoms with Crippen molar-refractivity contribution in [2.75, 3.05) is 47.1 Å². The summed E-state index contributed by atoms with van der Waals surface area (Å²) in [6, 6.07) is 10.8. The van der Waals surface area contributed by atoms with Crippen molar-refractivity contribution in [1.82, 2.24) is 14.8 Å². The number of halogens is 1. The van der Waals surface area contributed by atoms with E-state index in [-0.39, 0.29) is 30.7 Å². The number of rotatable bonds is 10. The third kappa shape index (κ3) is 6.42. The summed E-state index contributed by atoms with van der Waals surface area (Å²) in [7, 11) is -1.26. The molecule has 2 aromatic carbocycles. The number of pyridine rings is 1. The van der Waals surface area contributed by atoms with Gasteiger partial charge < -0.3 is 19.4 Å². The number of nitrogens with zero attached hydrogens (tertiary/aromatic N) is 2. The van der Waals surface area contributed by atoms with Gasteiger partial charge in [-0.2, -0.15) is 0 Å². The average molecular weight is 592 g/mol. The molecule has 3 heterocycles. The number of benzene rings is 2. The fraction of sp³-hybridized carbons (Fsp3) is 0.407. The lowest BCUT2D eigenvalue weighted by Gasteiger charge is -2.30. The molecule has 2 aliphatic rings. The Kier molecular flexibility index (Phi) is 8.92. The number of morpholine rings is 1. The molecule has 13 heteroatoms. The number of phosphoric acid groups is 1. The normalized spacial score (nSPS) is 17.5. The van der Waals surface area contributed by atoms with Gasteiger partial charge in [0.15, 0.2) is 0 Å². The highest BCUT2D eigenvalue weighted by molar-refractivity contribution is 7.48. The van der Waals surface area contributed by atoms with Gasteiger partial charge in [0.2, 0.25) is 5.43 Å². The van der Waals surface area contributed by atoms with Crippen molar-refractivity contribution in [2.24, 2.45) is 0 Å². The van der Waals surface area contributed by atoms with Crippen molar-refractivity contribution >= 4 is 36.2 Å². The molecule has 1 aromatic heterocycles. The predicted molar refractivity (Wildman–Crippen MR) is 149 cm³/mol. The monoisotopic (exact) mass is 591 g/mol. The van der Waals surface area contributed by atoms with Gasteiger partial charge >= 0.3 is 7.82 Å². The minimum Gasteiger partial charge on any atom is -0.484 e. The van der Waals surface area contributed by atoms with Crippen LogP contribution in [-0.4, -0.2) is 68.6 Å². The van der Waals surface area contributed by atoms with Crippen LogP contribution in [0.3, 0.4) is 0 Å². The second-order valence-corrected chi connectivity index (χ2v) is 11.9. The number of hydrogen-bond donors (Lipinski definition) is 1. The topological polar surface area (TPSA) is 118 Å². The number of hydrogen-bond acceptors (Lipinski definition) is 9. The first kappa shape index (κ1) is 28.8. The van der Waals surface area contributed by atoms with Gasteiger partial charge in [-0.05, 0) is 35.4 Å². The standard InChI is InChI=1S/C27H31ClN3O8P/c1-35-40(34,36-2)38-17-21-15-31-16-23(27(33)29-13-18-3-5-20(28)6-4-18)26(32)22-11-19(12-24(39-21)25(22)31)14-30-7-9-37-10-8-30/h3-6,11-12,16,21H,7-10,13-15,17H2,1-2H3,(H,29,33). The fourth-order valence-electron chi connectivity index (χ4n) is 4.82. The van der Waals surface area contributed by atoms with Gasteiger partial charge in [0.1, 0.15) is 17.4 Å². The average Bonchev–Trinajstić information content (AvgIpc) is 2.97. The summed E-state index contributed by atoms with van der Waals surface area (Å²) in [5.41, 5.74) is 1.93. The molecule has 0 spiro atoms. The highest BCUT2D eigenvalue weighted by atomic mass is 35.5. The van der Waals surface area contributed by atoms with E-state index < -0.39 is 19.8 Å². The molecule has 2 aliphatic heterocycles. The van der Waals surface area contributed by atoms with Crippen molar-refractivity contribution < 1.29 is 32.4 Å². The van der Waals surface area contributed by atoms with Gasteiger partial charge in [0.05, 0.1) is 37.3 Å². The summed E-state index contributed by atoms with van der Waals surface area (Å²) in [6.45, 7) is 3.79. The lowest BCUT2D eigenvalue weighted by molar-refractivity contribution is 0.0341.